The van der Waals surface area contributed by atoms with E-state index in [4.69, 9.17) is 0 Å². The van der Waals surface area contributed by atoms with Crippen molar-refractivity contribution in [1.82, 2.24) is 15.1 Å². The maximum Gasteiger partial charge on any atom is 0.0628 e. The summed E-state index contributed by atoms with van der Waals surface area (Å²) in [7, 11) is 2.22. The lowest BCUT2D eigenvalue weighted by molar-refractivity contribution is 0.0222. The van der Waals surface area contributed by atoms with Crippen LogP contribution in [0.1, 0.15) is 33.6 Å². The molecule has 0 radical (unpaired) electrons. The molecule has 112 valence electrons. The van der Waals surface area contributed by atoms with Crippen molar-refractivity contribution in [3.63, 3.8) is 0 Å². The summed E-state index contributed by atoms with van der Waals surface area (Å²) in [4.78, 5) is 5.01. The van der Waals surface area contributed by atoms with Crippen LogP contribution in [-0.2, 0) is 0 Å². The summed E-state index contributed by atoms with van der Waals surface area (Å²) in [5.74, 6) is 0.669. The number of nitrogens with one attached hydrogen (secondary N) is 1. The van der Waals surface area contributed by atoms with Crippen LogP contribution in [0, 0.1) is 5.92 Å². The lowest BCUT2D eigenvalue weighted by Gasteiger charge is -2.46. The summed E-state index contributed by atoms with van der Waals surface area (Å²) in [5, 5.41) is 13.5. The number of hydrogen-bond acceptors (Lipinski definition) is 4. The van der Waals surface area contributed by atoms with Gasteiger partial charge in [-0.15, -0.1) is 0 Å². The van der Waals surface area contributed by atoms with Gasteiger partial charge in [0, 0.05) is 31.7 Å². The number of piperazine rings is 1. The van der Waals surface area contributed by atoms with Crippen LogP contribution in [0.4, 0.5) is 0 Å². The topological polar surface area (TPSA) is 38.7 Å². The summed E-state index contributed by atoms with van der Waals surface area (Å²) in [6.45, 7) is 11.2. The van der Waals surface area contributed by atoms with Gasteiger partial charge in [-0.2, -0.15) is 0 Å². The fraction of sp³-hybridized carbons (Fsp3) is 1.00. The van der Waals surface area contributed by atoms with E-state index in [1.165, 1.54) is 12.8 Å². The first-order valence-electron chi connectivity index (χ1n) is 7.82. The van der Waals surface area contributed by atoms with Crippen LogP contribution in [0.25, 0.3) is 0 Å². The third-order valence-corrected chi connectivity index (χ3v) is 5.11. The minimum atomic E-state index is -0.0654. The number of likely N-dealkylation sites (N-methyl/N-ethyl adjacent to an activating group) is 2. The maximum absolute atomic E-state index is 9.93. The first-order chi connectivity index (χ1) is 9.02. The zero-order chi connectivity index (χ0) is 14.0. The van der Waals surface area contributed by atoms with E-state index in [1.54, 1.807) is 0 Å². The predicted molar refractivity (Wildman–Crippen MR) is 79.3 cm³/mol. The van der Waals surface area contributed by atoms with E-state index in [-0.39, 0.29) is 12.1 Å². The molecule has 1 aliphatic heterocycles. The molecule has 0 spiro atoms. The van der Waals surface area contributed by atoms with Gasteiger partial charge in [0.05, 0.1) is 12.1 Å². The van der Waals surface area contributed by atoms with Crippen LogP contribution in [0.3, 0.4) is 0 Å². The molecular weight excluding hydrogens is 238 g/mol. The molecule has 2 fully saturated rings. The van der Waals surface area contributed by atoms with E-state index in [0.717, 1.165) is 26.2 Å². The molecule has 0 aromatic heterocycles. The van der Waals surface area contributed by atoms with Crippen LogP contribution in [0.15, 0.2) is 0 Å². The molecule has 3 unspecified atom stereocenters. The molecule has 19 heavy (non-hydrogen) atoms. The molecule has 4 nitrogen and oxygen atoms in total. The van der Waals surface area contributed by atoms with Gasteiger partial charge < -0.3 is 10.4 Å². The highest BCUT2D eigenvalue weighted by atomic mass is 16.3. The number of rotatable bonds is 6. The van der Waals surface area contributed by atoms with Crippen LogP contribution in [0.2, 0.25) is 0 Å². The Balaban J connectivity index is 2.01. The number of aliphatic hydroxyl groups excluding tert-OH is 1. The van der Waals surface area contributed by atoms with Gasteiger partial charge in [-0.05, 0) is 46.2 Å². The molecule has 1 aliphatic carbocycles. The third-order valence-electron chi connectivity index (χ3n) is 5.11. The van der Waals surface area contributed by atoms with E-state index in [2.05, 4.69) is 42.9 Å². The fourth-order valence-corrected chi connectivity index (χ4v) is 3.59. The van der Waals surface area contributed by atoms with Gasteiger partial charge in [0.2, 0.25) is 0 Å². The Bertz CT molecular complexity index is 283. The highest BCUT2D eigenvalue weighted by molar-refractivity contribution is 5.03. The Morgan fingerprint density at radius 2 is 1.79 bits per heavy atom. The summed E-state index contributed by atoms with van der Waals surface area (Å²) in [6.07, 6.45) is 2.54. The van der Waals surface area contributed by atoms with Crippen LogP contribution in [0.5, 0.6) is 0 Å². The predicted octanol–water partition coefficient (Wildman–Crippen LogP) is 0.761. The third kappa shape index (κ3) is 3.30. The molecule has 2 aliphatic rings. The van der Waals surface area contributed by atoms with Gasteiger partial charge in [-0.25, -0.2) is 0 Å². The van der Waals surface area contributed by atoms with Crippen LogP contribution in [-0.4, -0.2) is 72.4 Å². The van der Waals surface area contributed by atoms with Crippen molar-refractivity contribution in [2.75, 3.05) is 39.8 Å². The first-order valence-corrected chi connectivity index (χ1v) is 7.82. The van der Waals surface area contributed by atoms with E-state index in [9.17, 15) is 5.11 Å². The Kier molecular flexibility index (Phi) is 4.88. The summed E-state index contributed by atoms with van der Waals surface area (Å²) in [6, 6.07) is 1.20. The number of hydrogen-bond donors (Lipinski definition) is 2. The molecule has 4 heteroatoms. The smallest absolute Gasteiger partial charge is 0.0628 e. The molecular formula is C15H31N3O. The highest BCUT2D eigenvalue weighted by Gasteiger charge is 2.46. The number of nitrogens with zero attached hydrogens (tertiary/aromatic N) is 2. The Labute approximate surface area is 118 Å². The van der Waals surface area contributed by atoms with Gasteiger partial charge in [0.1, 0.15) is 0 Å². The molecule has 2 rings (SSSR count). The van der Waals surface area contributed by atoms with Crippen molar-refractivity contribution < 1.29 is 5.11 Å². The highest BCUT2D eigenvalue weighted by Crippen LogP contribution is 2.40. The van der Waals surface area contributed by atoms with Gasteiger partial charge in [0.25, 0.3) is 0 Å². The van der Waals surface area contributed by atoms with Crippen molar-refractivity contribution >= 4 is 0 Å². The fourth-order valence-electron chi connectivity index (χ4n) is 3.59. The average molecular weight is 269 g/mol. The SMILES string of the molecule is CCNC(CO)(CN1CC(C)N(C)C(C)C1)C1CC1. The lowest BCUT2D eigenvalue weighted by atomic mass is 9.92. The lowest BCUT2D eigenvalue weighted by Crippen LogP contribution is -2.63. The van der Waals surface area contributed by atoms with Crippen LogP contribution < -0.4 is 5.32 Å². The van der Waals surface area contributed by atoms with E-state index in [0.29, 0.717) is 18.0 Å². The average Bonchev–Trinajstić information content (AvgIpc) is 3.19. The summed E-state index contributed by atoms with van der Waals surface area (Å²) >= 11 is 0. The molecule has 2 N–H and O–H groups in total. The molecule has 1 heterocycles. The van der Waals surface area contributed by atoms with Crippen molar-refractivity contribution in [1.29, 1.82) is 0 Å². The Hall–Kier alpha value is -0.160. The molecule has 1 saturated carbocycles. The van der Waals surface area contributed by atoms with Crippen molar-refractivity contribution in [2.24, 2.45) is 5.92 Å². The van der Waals surface area contributed by atoms with Crippen molar-refractivity contribution in [3.05, 3.63) is 0 Å². The van der Waals surface area contributed by atoms with Gasteiger partial charge in [-0.1, -0.05) is 6.92 Å². The number of aliphatic hydroxyl groups is 1. The molecule has 0 amide bonds. The minimum Gasteiger partial charge on any atom is -0.394 e. The van der Waals surface area contributed by atoms with Gasteiger partial charge in [0.15, 0.2) is 0 Å². The Morgan fingerprint density at radius 1 is 1.21 bits per heavy atom. The largest absolute Gasteiger partial charge is 0.394 e. The minimum absolute atomic E-state index is 0.0654. The van der Waals surface area contributed by atoms with Crippen molar-refractivity contribution in [2.45, 2.75) is 51.2 Å². The van der Waals surface area contributed by atoms with Gasteiger partial charge >= 0.3 is 0 Å². The second kappa shape index (κ2) is 6.08. The van der Waals surface area contributed by atoms with E-state index >= 15 is 0 Å². The van der Waals surface area contributed by atoms with E-state index < -0.39 is 0 Å². The molecule has 3 atom stereocenters. The summed E-state index contributed by atoms with van der Waals surface area (Å²) in [5.41, 5.74) is -0.0654. The zero-order valence-corrected chi connectivity index (χ0v) is 13.0. The normalized spacial score (nSPS) is 33.3. The Morgan fingerprint density at radius 3 is 2.21 bits per heavy atom. The standard InChI is InChI=1S/C15H31N3O/c1-5-16-15(11-19,14-6-7-14)10-18-8-12(2)17(4)13(3)9-18/h12-14,16,19H,5-11H2,1-4H3. The van der Waals surface area contributed by atoms with Crippen molar-refractivity contribution in [3.8, 4) is 0 Å². The monoisotopic (exact) mass is 269 g/mol. The van der Waals surface area contributed by atoms with E-state index in [1.807, 2.05) is 0 Å². The van der Waals surface area contributed by atoms with Gasteiger partial charge in [-0.3, -0.25) is 9.80 Å². The maximum atomic E-state index is 9.93. The molecule has 0 aromatic carbocycles. The molecule has 0 bridgehead atoms. The molecule has 1 saturated heterocycles. The quantitative estimate of drug-likeness (QED) is 0.747. The second-order valence-corrected chi connectivity index (χ2v) is 6.68. The zero-order valence-electron chi connectivity index (χ0n) is 13.0. The second-order valence-electron chi connectivity index (χ2n) is 6.68. The first kappa shape index (κ1) is 15.2. The van der Waals surface area contributed by atoms with Crippen LogP contribution >= 0.6 is 0 Å². The molecule has 0 aromatic rings. The summed E-state index contributed by atoms with van der Waals surface area (Å²) < 4.78 is 0.